The summed E-state index contributed by atoms with van der Waals surface area (Å²) in [5.74, 6) is -0.401. The third-order valence-electron chi connectivity index (χ3n) is 2.30. The van der Waals surface area contributed by atoms with Crippen molar-refractivity contribution in [1.29, 1.82) is 0 Å². The molecular weight excluding hydrogens is 305 g/mol. The van der Waals surface area contributed by atoms with Gasteiger partial charge in [0.1, 0.15) is 22.1 Å². The minimum atomic E-state index is -0.468. The predicted molar refractivity (Wildman–Crippen MR) is 74.9 cm³/mol. The fraction of sp³-hybridized carbons (Fsp3) is 0. The third-order valence-corrected chi connectivity index (χ3v) is 3.15. The molecule has 0 spiro atoms. The Kier molecular flexibility index (Phi) is 4.96. The molecule has 3 aromatic rings. The molecule has 101 valence electrons. The van der Waals surface area contributed by atoms with Crippen molar-refractivity contribution < 1.29 is 9.90 Å². The summed E-state index contributed by atoms with van der Waals surface area (Å²) >= 11 is 1.20. The van der Waals surface area contributed by atoms with Crippen LogP contribution in [0, 0.1) is 0 Å². The molecule has 3 heterocycles. The summed E-state index contributed by atoms with van der Waals surface area (Å²) < 4.78 is 0. The number of aromatic nitrogens is 6. The molecule has 3 aromatic heterocycles. The largest absolute Gasteiger partial charge is 0.506 e. The Hall–Kier alpha value is -1.88. The number of aromatic amines is 1. The number of pyridine rings is 1. The molecule has 3 rings (SSSR count). The number of H-pyrrole nitrogens is 1. The Labute approximate surface area is 144 Å². The van der Waals surface area contributed by atoms with Gasteiger partial charge in [0.2, 0.25) is 0 Å². The van der Waals surface area contributed by atoms with Crippen molar-refractivity contribution in [1.82, 2.24) is 30.6 Å². The molecule has 0 aliphatic rings. The fourth-order valence-corrected chi connectivity index (χ4v) is 2.23. The van der Waals surface area contributed by atoms with E-state index in [2.05, 4.69) is 35.9 Å². The number of hydrogen-bond acceptors (Lipinski definition) is 8. The molecule has 0 fully saturated rings. The first-order valence-corrected chi connectivity index (χ1v) is 6.26. The van der Waals surface area contributed by atoms with Gasteiger partial charge in [0.15, 0.2) is 0 Å². The van der Waals surface area contributed by atoms with E-state index < -0.39 is 5.91 Å². The molecule has 0 aromatic carbocycles. The van der Waals surface area contributed by atoms with E-state index in [0.29, 0.717) is 10.7 Å². The average Bonchev–Trinajstić information content (AvgIpc) is 3.10. The number of hydrogen-bond donors (Lipinski definition) is 3. The van der Waals surface area contributed by atoms with E-state index in [1.165, 1.54) is 23.6 Å². The van der Waals surface area contributed by atoms with Crippen molar-refractivity contribution in [2.45, 2.75) is 0 Å². The van der Waals surface area contributed by atoms with E-state index in [0.717, 1.165) is 0 Å². The van der Waals surface area contributed by atoms with Gasteiger partial charge in [0, 0.05) is 41.1 Å². The molecule has 0 bridgehead atoms. The second-order valence-electron chi connectivity index (χ2n) is 3.60. The van der Waals surface area contributed by atoms with Crippen LogP contribution in [0.3, 0.4) is 0 Å². The van der Waals surface area contributed by atoms with Crippen LogP contribution in [0.4, 0.5) is 5.95 Å². The number of rotatable bonds is 3. The van der Waals surface area contributed by atoms with Gasteiger partial charge in [-0.15, -0.1) is 16.4 Å². The Morgan fingerprint density at radius 3 is 3.00 bits per heavy atom. The SMILES string of the molecule is O=C(Nc1nn[nH]n1)c1csc(-c2ncccc2O)n1.[Na]. The van der Waals surface area contributed by atoms with Crippen LogP contribution < -0.4 is 5.32 Å². The smallest absolute Gasteiger partial charge is 0.277 e. The minimum Gasteiger partial charge on any atom is -0.506 e. The molecule has 0 atom stereocenters. The second-order valence-corrected chi connectivity index (χ2v) is 4.46. The molecule has 1 radical (unpaired) electrons. The van der Waals surface area contributed by atoms with Crippen LogP contribution in [0.1, 0.15) is 10.5 Å². The topological polar surface area (TPSA) is 130 Å². The molecule has 21 heavy (non-hydrogen) atoms. The summed E-state index contributed by atoms with van der Waals surface area (Å²) in [5.41, 5.74) is 0.510. The van der Waals surface area contributed by atoms with Crippen LogP contribution in [0.15, 0.2) is 23.7 Å². The first-order chi connectivity index (χ1) is 9.74. The number of nitrogens with one attached hydrogen (secondary N) is 2. The van der Waals surface area contributed by atoms with Crippen molar-refractivity contribution in [3.8, 4) is 16.5 Å². The maximum atomic E-state index is 11.9. The summed E-state index contributed by atoms with van der Waals surface area (Å²) in [7, 11) is 0. The zero-order valence-corrected chi connectivity index (χ0v) is 13.6. The number of thiazole rings is 1. The van der Waals surface area contributed by atoms with Gasteiger partial charge in [-0.05, 0) is 17.3 Å². The molecule has 3 N–H and O–H groups in total. The van der Waals surface area contributed by atoms with E-state index in [4.69, 9.17) is 0 Å². The van der Waals surface area contributed by atoms with Gasteiger partial charge in [0.25, 0.3) is 11.9 Å². The third kappa shape index (κ3) is 3.42. The molecule has 9 nitrogen and oxygen atoms in total. The van der Waals surface area contributed by atoms with Gasteiger partial charge < -0.3 is 5.11 Å². The monoisotopic (exact) mass is 312 g/mol. The standard InChI is InChI=1S/C10H7N7O2S.Na/c18-6-2-1-3-11-7(6)9-12-5(4-20-9)8(19)13-10-14-16-17-15-10;/h1-4,18H,(H2,13,14,15,16,17,19);. The summed E-state index contributed by atoms with van der Waals surface area (Å²) in [5, 5.41) is 26.9. The number of amides is 1. The molecule has 1 amide bonds. The number of tetrazole rings is 1. The Balaban J connectivity index is 0.00000161. The van der Waals surface area contributed by atoms with Gasteiger partial charge >= 0.3 is 0 Å². The molecule has 11 heteroatoms. The van der Waals surface area contributed by atoms with Gasteiger partial charge in [-0.2, -0.15) is 5.21 Å². The maximum absolute atomic E-state index is 11.9. The first-order valence-electron chi connectivity index (χ1n) is 5.39. The average molecular weight is 312 g/mol. The summed E-state index contributed by atoms with van der Waals surface area (Å²) in [6.07, 6.45) is 1.54. The zero-order valence-electron chi connectivity index (χ0n) is 10.8. The van der Waals surface area contributed by atoms with Crippen LogP contribution >= 0.6 is 11.3 Å². The molecule has 0 saturated heterocycles. The number of nitrogens with zero attached hydrogens (tertiary/aromatic N) is 5. The molecule has 0 saturated carbocycles. The Morgan fingerprint density at radius 2 is 2.29 bits per heavy atom. The number of aromatic hydroxyl groups is 1. The zero-order chi connectivity index (χ0) is 13.9. The van der Waals surface area contributed by atoms with Crippen LogP contribution in [-0.2, 0) is 0 Å². The summed E-state index contributed by atoms with van der Waals surface area (Å²) in [6, 6.07) is 3.11. The van der Waals surface area contributed by atoms with E-state index in [9.17, 15) is 9.90 Å². The first kappa shape index (κ1) is 15.5. The van der Waals surface area contributed by atoms with Crippen molar-refractivity contribution in [3.05, 3.63) is 29.4 Å². The second kappa shape index (κ2) is 6.72. The van der Waals surface area contributed by atoms with Gasteiger partial charge in [-0.1, -0.05) is 5.10 Å². The van der Waals surface area contributed by atoms with E-state index in [-0.39, 0.29) is 46.9 Å². The van der Waals surface area contributed by atoms with Crippen molar-refractivity contribution in [2.75, 3.05) is 5.32 Å². The predicted octanol–water partition coefficient (Wildman–Crippen LogP) is 0.295. The number of carbonyl (C=O) groups is 1. The number of carbonyl (C=O) groups excluding carboxylic acids is 1. The molecule has 0 unspecified atom stereocenters. The Bertz CT molecular complexity index is 745. The Morgan fingerprint density at radius 1 is 1.43 bits per heavy atom. The van der Waals surface area contributed by atoms with E-state index >= 15 is 0 Å². The van der Waals surface area contributed by atoms with Crippen LogP contribution in [0.25, 0.3) is 10.7 Å². The summed E-state index contributed by atoms with van der Waals surface area (Å²) in [4.78, 5) is 20.0. The van der Waals surface area contributed by atoms with E-state index in [1.807, 2.05) is 0 Å². The molecule has 0 aliphatic heterocycles. The van der Waals surface area contributed by atoms with Crippen molar-refractivity contribution in [3.63, 3.8) is 0 Å². The minimum absolute atomic E-state index is 0. The van der Waals surface area contributed by atoms with Crippen LogP contribution in [0.5, 0.6) is 5.75 Å². The molecule has 0 aliphatic carbocycles. The maximum Gasteiger partial charge on any atom is 0.277 e. The fourth-order valence-electron chi connectivity index (χ4n) is 1.43. The van der Waals surface area contributed by atoms with Crippen LogP contribution in [-0.4, -0.2) is 71.2 Å². The van der Waals surface area contributed by atoms with Crippen LogP contribution in [0.2, 0.25) is 0 Å². The summed E-state index contributed by atoms with van der Waals surface area (Å²) in [6.45, 7) is 0. The van der Waals surface area contributed by atoms with E-state index in [1.54, 1.807) is 11.4 Å². The number of anilines is 1. The van der Waals surface area contributed by atoms with Gasteiger partial charge in [-0.25, -0.2) is 9.97 Å². The van der Waals surface area contributed by atoms with Gasteiger partial charge in [0.05, 0.1) is 0 Å². The van der Waals surface area contributed by atoms with Crippen molar-refractivity contribution >= 4 is 52.7 Å². The van der Waals surface area contributed by atoms with Crippen molar-refractivity contribution in [2.24, 2.45) is 0 Å². The van der Waals surface area contributed by atoms with Gasteiger partial charge in [-0.3, -0.25) is 10.1 Å². The molecular formula is C10H7N7NaO2S. The normalized spacial score (nSPS) is 9.90. The quantitative estimate of drug-likeness (QED) is 0.593.